The summed E-state index contributed by atoms with van der Waals surface area (Å²) in [5.74, 6) is -1.22. The summed E-state index contributed by atoms with van der Waals surface area (Å²) in [4.78, 5) is 82.2. The smallest absolute Gasteiger partial charge is 0.347 e. The van der Waals surface area contributed by atoms with E-state index in [1.165, 1.54) is 9.30 Å². The molecule has 16 nitrogen and oxygen atoms in total. The van der Waals surface area contributed by atoms with Crippen molar-refractivity contribution in [2.45, 2.75) is 82.3 Å². The Hall–Kier alpha value is -7.20. The molecule has 0 spiro atoms. The van der Waals surface area contributed by atoms with E-state index in [0.29, 0.717) is 42.7 Å². The molecule has 1 atom stereocenters. The lowest BCUT2D eigenvalue weighted by atomic mass is 9.71. The fourth-order valence-corrected chi connectivity index (χ4v) is 9.17. The lowest BCUT2D eigenvalue weighted by Crippen LogP contribution is -2.51. The van der Waals surface area contributed by atoms with Crippen LogP contribution >= 0.6 is 0 Å². The Morgan fingerprint density at radius 1 is 0.831 bits per heavy atom. The number of pyridine rings is 2. The van der Waals surface area contributed by atoms with Crippen LogP contribution in [0.2, 0.25) is 0 Å². The number of rotatable bonds is 17. The minimum absolute atomic E-state index is 0.0498. The molecule has 0 unspecified atom stereocenters. The first-order chi connectivity index (χ1) is 31.7. The van der Waals surface area contributed by atoms with Crippen LogP contribution in [0.1, 0.15) is 85.7 Å². The summed E-state index contributed by atoms with van der Waals surface area (Å²) >= 11 is 0. The first kappa shape index (κ1) is 43.1. The van der Waals surface area contributed by atoms with Gasteiger partial charge in [0.2, 0.25) is 17.7 Å². The molecule has 1 saturated carbocycles. The number of benzene rings is 3. The van der Waals surface area contributed by atoms with Gasteiger partial charge in [0.05, 0.1) is 23.3 Å². The number of fused-ring (bicyclic) bond motifs is 4. The van der Waals surface area contributed by atoms with Crippen LogP contribution in [0.15, 0.2) is 95.9 Å². The average molecular weight is 878 g/mol. The van der Waals surface area contributed by atoms with Gasteiger partial charge in [0.1, 0.15) is 11.8 Å². The van der Waals surface area contributed by atoms with Crippen LogP contribution in [0.3, 0.4) is 0 Å². The Balaban J connectivity index is 0.701. The summed E-state index contributed by atoms with van der Waals surface area (Å²) in [5, 5.41) is 19.4. The first-order valence-electron chi connectivity index (χ1n) is 22.4. The number of imide groups is 1. The molecule has 5 heterocycles. The molecule has 65 heavy (non-hydrogen) atoms. The van der Waals surface area contributed by atoms with Gasteiger partial charge in [0.25, 0.3) is 11.8 Å². The van der Waals surface area contributed by atoms with Crippen LogP contribution in [0.5, 0.6) is 5.75 Å². The van der Waals surface area contributed by atoms with Gasteiger partial charge in [0.15, 0.2) is 12.3 Å². The molecule has 3 aliphatic rings. The Bertz CT molecular complexity index is 2830. The second kappa shape index (κ2) is 18.9. The fraction of sp³-hybridized carbons (Fsp3) is 0.347. The highest BCUT2D eigenvalue weighted by Crippen LogP contribution is 2.42. The van der Waals surface area contributed by atoms with E-state index in [4.69, 9.17) is 9.72 Å². The van der Waals surface area contributed by atoms with E-state index in [1.54, 1.807) is 24.4 Å². The van der Waals surface area contributed by atoms with E-state index in [1.807, 2.05) is 36.4 Å². The standard InChI is InChI=1S/C49H51N9O7/c59-40-16-9-14-38(46(62)54-40)58-29-33-13-8-15-39(43(33)47(58)63)65-30-42(61)51-25-7-2-1-6-24-50-41(60)28-52-49(22-10-23-49)34-19-17-32(18-20-34)44-35(31-11-4-3-5-12-31)27-36-37(53-44)21-26-57-45(36)55-56-48(57)64/h3-5,8,11-13,15,17-21,26-27,38,52H,1-2,6-7,9-10,14,16,22-25,28-30H2,(H,50,60)(H,51,61)(H,56,64)(H,54,59,62)/t38-/m0/s1. The molecule has 6 aromatic rings. The van der Waals surface area contributed by atoms with Crippen molar-refractivity contribution in [2.75, 3.05) is 26.2 Å². The molecule has 0 bridgehead atoms. The lowest BCUT2D eigenvalue weighted by Gasteiger charge is -2.43. The highest BCUT2D eigenvalue weighted by atomic mass is 16.5. The van der Waals surface area contributed by atoms with Crippen LogP contribution in [-0.2, 0) is 31.3 Å². The first-order valence-corrected chi connectivity index (χ1v) is 22.4. The van der Waals surface area contributed by atoms with Gasteiger partial charge in [-0.15, -0.1) is 0 Å². The summed E-state index contributed by atoms with van der Waals surface area (Å²) in [6, 6.07) is 26.8. The zero-order valence-electron chi connectivity index (χ0n) is 36.0. The zero-order chi connectivity index (χ0) is 44.9. The molecule has 5 amide bonds. The highest BCUT2D eigenvalue weighted by molar-refractivity contribution is 6.06. The minimum Gasteiger partial charge on any atom is -0.483 e. The van der Waals surface area contributed by atoms with Crippen molar-refractivity contribution in [3.63, 3.8) is 0 Å². The van der Waals surface area contributed by atoms with Crippen molar-refractivity contribution in [1.82, 2.24) is 45.7 Å². The van der Waals surface area contributed by atoms with E-state index in [9.17, 15) is 28.8 Å². The molecule has 1 saturated heterocycles. The van der Waals surface area contributed by atoms with Gasteiger partial charge in [0, 0.05) is 54.3 Å². The molecule has 334 valence electrons. The Kier molecular flexibility index (Phi) is 12.5. The number of nitrogens with zero attached hydrogens (tertiary/aromatic N) is 4. The van der Waals surface area contributed by atoms with Gasteiger partial charge >= 0.3 is 5.69 Å². The maximum Gasteiger partial charge on any atom is 0.347 e. The molecule has 2 fully saturated rings. The zero-order valence-corrected chi connectivity index (χ0v) is 36.0. The van der Waals surface area contributed by atoms with Crippen molar-refractivity contribution in [2.24, 2.45) is 0 Å². The number of unbranched alkanes of at least 4 members (excludes halogenated alkanes) is 3. The molecular weight excluding hydrogens is 827 g/mol. The number of nitrogens with one attached hydrogen (secondary N) is 5. The molecule has 16 heteroatoms. The van der Waals surface area contributed by atoms with Gasteiger partial charge in [-0.3, -0.25) is 34.6 Å². The topological polar surface area (TPSA) is 209 Å². The quantitative estimate of drug-likeness (QED) is 0.0619. The van der Waals surface area contributed by atoms with Crippen molar-refractivity contribution in [1.29, 1.82) is 0 Å². The van der Waals surface area contributed by atoms with Gasteiger partial charge < -0.3 is 20.3 Å². The van der Waals surface area contributed by atoms with Crippen LogP contribution in [0.4, 0.5) is 0 Å². The number of carbonyl (C=O) groups excluding carboxylic acids is 5. The summed E-state index contributed by atoms with van der Waals surface area (Å²) in [6.07, 6.45) is 9.13. The molecule has 3 aromatic carbocycles. The van der Waals surface area contributed by atoms with E-state index in [2.05, 4.69) is 61.8 Å². The number of ether oxygens (including phenoxy) is 1. The molecule has 5 N–H and O–H groups in total. The van der Waals surface area contributed by atoms with Gasteiger partial charge in [-0.25, -0.2) is 19.3 Å². The van der Waals surface area contributed by atoms with Crippen molar-refractivity contribution in [3.05, 3.63) is 118 Å². The number of hydrogen-bond acceptors (Lipinski definition) is 10. The molecule has 3 aromatic heterocycles. The molecule has 0 radical (unpaired) electrons. The third kappa shape index (κ3) is 9.11. The van der Waals surface area contributed by atoms with E-state index >= 15 is 0 Å². The van der Waals surface area contributed by atoms with Crippen molar-refractivity contribution in [3.8, 4) is 28.1 Å². The van der Waals surface area contributed by atoms with E-state index < -0.39 is 11.9 Å². The minimum atomic E-state index is -0.738. The van der Waals surface area contributed by atoms with Crippen molar-refractivity contribution < 1.29 is 28.7 Å². The van der Waals surface area contributed by atoms with Gasteiger partial charge in [-0.05, 0) is 79.8 Å². The van der Waals surface area contributed by atoms with Crippen LogP contribution in [0.25, 0.3) is 38.9 Å². The Morgan fingerprint density at radius 3 is 2.35 bits per heavy atom. The Labute approximate surface area is 374 Å². The SMILES string of the molecule is O=C(CNC1(c2ccc(-c3nc4ccn5c(=O)[nH]nc5c4cc3-c3ccccc3)cc2)CCC1)NCCCCCCNC(=O)COc1cccc2c1C(=O)N([C@H]1CCCC(=O)NC1=O)C2. The van der Waals surface area contributed by atoms with Crippen LogP contribution in [0, 0.1) is 0 Å². The Morgan fingerprint density at radius 2 is 1.60 bits per heavy atom. The average Bonchev–Trinajstić information content (AvgIpc) is 3.80. The number of amides is 5. The second-order valence-electron chi connectivity index (χ2n) is 17.0. The predicted octanol–water partition coefficient (Wildman–Crippen LogP) is 4.90. The number of H-pyrrole nitrogens is 1. The van der Waals surface area contributed by atoms with Crippen LogP contribution in [-0.4, -0.2) is 86.3 Å². The van der Waals surface area contributed by atoms with Crippen LogP contribution < -0.4 is 31.7 Å². The normalized spacial score (nSPS) is 16.8. The summed E-state index contributed by atoms with van der Waals surface area (Å²) < 4.78 is 7.27. The number of aromatic nitrogens is 4. The molecule has 1 aliphatic carbocycles. The highest BCUT2D eigenvalue weighted by Gasteiger charge is 2.40. The maximum absolute atomic E-state index is 13.4. The summed E-state index contributed by atoms with van der Waals surface area (Å²) in [7, 11) is 0. The predicted molar refractivity (Wildman–Crippen MR) is 243 cm³/mol. The molecule has 9 rings (SSSR count). The summed E-state index contributed by atoms with van der Waals surface area (Å²) in [6.45, 7) is 1.23. The number of carbonyl (C=O) groups is 5. The van der Waals surface area contributed by atoms with E-state index in [-0.39, 0.29) is 66.7 Å². The maximum atomic E-state index is 13.4. The monoisotopic (exact) mass is 877 g/mol. The van der Waals surface area contributed by atoms with Gasteiger partial charge in [-0.2, -0.15) is 5.10 Å². The van der Waals surface area contributed by atoms with Gasteiger partial charge in [-0.1, -0.05) is 79.6 Å². The second-order valence-corrected chi connectivity index (χ2v) is 17.0. The summed E-state index contributed by atoms with van der Waals surface area (Å²) in [5.41, 5.74) is 6.58. The van der Waals surface area contributed by atoms with E-state index in [0.717, 1.165) is 83.8 Å². The lowest BCUT2D eigenvalue weighted by molar-refractivity contribution is -0.132. The number of aromatic amines is 1. The number of hydrogen-bond donors (Lipinski definition) is 5. The third-order valence-electron chi connectivity index (χ3n) is 12.8. The molecule has 2 aliphatic heterocycles. The molecular formula is C49H51N9O7. The van der Waals surface area contributed by atoms with Crippen molar-refractivity contribution >= 4 is 46.1 Å². The fourth-order valence-electron chi connectivity index (χ4n) is 9.17. The third-order valence-corrected chi connectivity index (χ3v) is 12.8. The largest absolute Gasteiger partial charge is 0.483 e.